The fraction of sp³-hybridized carbons (Fsp3) is 0.364. The van der Waals surface area contributed by atoms with E-state index in [0.717, 1.165) is 12.1 Å². The van der Waals surface area contributed by atoms with Crippen molar-refractivity contribution in [1.29, 1.82) is 0 Å². The molecule has 1 N–H and O–H groups in total. The molecule has 0 aliphatic rings. The van der Waals surface area contributed by atoms with Gasteiger partial charge in [-0.25, -0.2) is 9.48 Å². The number of nitrogens with zero attached hydrogens (tertiary/aromatic N) is 3. The van der Waals surface area contributed by atoms with E-state index in [-0.39, 0.29) is 10.6 Å². The van der Waals surface area contributed by atoms with Crippen LogP contribution in [-0.4, -0.2) is 26.1 Å². The topological polar surface area (TPSA) is 68.0 Å². The van der Waals surface area contributed by atoms with Crippen LogP contribution in [0.25, 0.3) is 11.0 Å². The molecule has 0 spiro atoms. The summed E-state index contributed by atoms with van der Waals surface area (Å²) in [7, 11) is 0. The van der Waals surface area contributed by atoms with Crippen molar-refractivity contribution in [1.82, 2.24) is 15.0 Å². The highest BCUT2D eigenvalue weighted by atomic mass is 35.5. The second-order valence-electron chi connectivity index (χ2n) is 4.29. The van der Waals surface area contributed by atoms with Crippen LogP contribution >= 0.6 is 11.6 Å². The van der Waals surface area contributed by atoms with Crippen molar-refractivity contribution in [3.63, 3.8) is 0 Å². The molecule has 0 aliphatic heterocycles. The third-order valence-electron chi connectivity index (χ3n) is 2.37. The molecule has 0 atom stereocenters. The van der Waals surface area contributed by atoms with E-state index in [1.54, 1.807) is 10.7 Å². The van der Waals surface area contributed by atoms with E-state index >= 15 is 0 Å². The Morgan fingerprint density at radius 2 is 2.24 bits per heavy atom. The zero-order valence-corrected chi connectivity index (χ0v) is 10.3. The molecule has 0 fully saturated rings. The number of carboxylic acids is 1. The van der Waals surface area contributed by atoms with Crippen molar-refractivity contribution in [3.05, 3.63) is 22.7 Å². The molecule has 2 rings (SSSR count). The molecule has 0 aliphatic carbocycles. The lowest BCUT2D eigenvalue weighted by molar-refractivity contribution is 0.0697. The van der Waals surface area contributed by atoms with Gasteiger partial charge in [0, 0.05) is 6.54 Å². The van der Waals surface area contributed by atoms with Gasteiger partial charge in [-0.15, -0.1) is 5.10 Å². The van der Waals surface area contributed by atoms with Crippen LogP contribution < -0.4 is 0 Å². The van der Waals surface area contributed by atoms with Gasteiger partial charge >= 0.3 is 5.97 Å². The Kier molecular flexibility index (Phi) is 3.02. The molecule has 6 heteroatoms. The zero-order valence-electron chi connectivity index (χ0n) is 9.51. The van der Waals surface area contributed by atoms with Gasteiger partial charge in [0.15, 0.2) is 0 Å². The Hall–Kier alpha value is -1.62. The van der Waals surface area contributed by atoms with Crippen molar-refractivity contribution in [2.24, 2.45) is 5.92 Å². The maximum Gasteiger partial charge on any atom is 0.337 e. The first-order valence-corrected chi connectivity index (χ1v) is 5.63. The van der Waals surface area contributed by atoms with Gasteiger partial charge in [-0.1, -0.05) is 30.7 Å². The molecule has 0 amide bonds. The van der Waals surface area contributed by atoms with E-state index in [1.165, 1.54) is 6.07 Å². The Morgan fingerprint density at radius 3 is 2.82 bits per heavy atom. The van der Waals surface area contributed by atoms with Crippen molar-refractivity contribution in [2.75, 3.05) is 0 Å². The number of carbonyl (C=O) groups is 1. The molecule has 0 radical (unpaired) electrons. The number of fused-ring (bicyclic) bond motifs is 1. The lowest BCUT2D eigenvalue weighted by Crippen LogP contribution is -2.06. The summed E-state index contributed by atoms with van der Waals surface area (Å²) in [5.41, 5.74) is 1.36. The van der Waals surface area contributed by atoms with E-state index in [4.69, 9.17) is 16.7 Å². The molecule has 1 aromatic heterocycles. The quantitative estimate of drug-likeness (QED) is 0.912. The number of rotatable bonds is 3. The minimum Gasteiger partial charge on any atom is -0.478 e. The summed E-state index contributed by atoms with van der Waals surface area (Å²) in [4.78, 5) is 10.9. The van der Waals surface area contributed by atoms with Gasteiger partial charge in [-0.2, -0.15) is 0 Å². The lowest BCUT2D eigenvalue weighted by Gasteiger charge is -2.05. The van der Waals surface area contributed by atoms with Crippen molar-refractivity contribution in [2.45, 2.75) is 20.4 Å². The van der Waals surface area contributed by atoms with Gasteiger partial charge in [0.1, 0.15) is 5.52 Å². The summed E-state index contributed by atoms with van der Waals surface area (Å²) in [6.45, 7) is 4.86. The molecule has 0 saturated carbocycles. The first-order chi connectivity index (χ1) is 7.99. The number of carboxylic acid groups (broad SMARTS) is 1. The average Bonchev–Trinajstić information content (AvgIpc) is 2.59. The largest absolute Gasteiger partial charge is 0.478 e. The molecule has 1 aromatic carbocycles. The van der Waals surface area contributed by atoms with E-state index in [1.807, 2.05) is 0 Å². The van der Waals surface area contributed by atoms with Crippen LogP contribution in [0.15, 0.2) is 12.1 Å². The van der Waals surface area contributed by atoms with E-state index in [9.17, 15) is 4.79 Å². The van der Waals surface area contributed by atoms with E-state index in [2.05, 4.69) is 24.2 Å². The van der Waals surface area contributed by atoms with Gasteiger partial charge in [0.25, 0.3) is 0 Å². The van der Waals surface area contributed by atoms with Crippen molar-refractivity contribution >= 4 is 28.6 Å². The smallest absolute Gasteiger partial charge is 0.337 e. The Labute approximate surface area is 103 Å². The highest BCUT2D eigenvalue weighted by Gasteiger charge is 2.14. The molecule has 0 bridgehead atoms. The Bertz CT molecular complexity index is 577. The van der Waals surface area contributed by atoms with Crippen molar-refractivity contribution in [3.8, 4) is 0 Å². The minimum absolute atomic E-state index is 0.0516. The van der Waals surface area contributed by atoms with Gasteiger partial charge in [-0.3, -0.25) is 0 Å². The number of aromatic carboxylic acids is 1. The standard InChI is InChI=1S/C11H12ClN3O2/c1-6(2)5-15-10-4-8(12)7(11(16)17)3-9(10)13-14-15/h3-4,6H,5H2,1-2H3,(H,16,17). The summed E-state index contributed by atoms with van der Waals surface area (Å²) in [6.07, 6.45) is 0. The SMILES string of the molecule is CC(C)Cn1nnc2cc(C(=O)O)c(Cl)cc21. The van der Waals surface area contributed by atoms with Gasteiger partial charge in [0.05, 0.1) is 16.1 Å². The minimum atomic E-state index is -1.06. The molecular formula is C11H12ClN3O2. The summed E-state index contributed by atoms with van der Waals surface area (Å²) < 4.78 is 1.73. The van der Waals surface area contributed by atoms with Crippen molar-refractivity contribution < 1.29 is 9.90 Å². The summed E-state index contributed by atoms with van der Waals surface area (Å²) in [5.74, 6) is -0.631. The predicted octanol–water partition coefficient (Wildman–Crippen LogP) is 2.44. The molecule has 0 saturated heterocycles. The predicted molar refractivity (Wildman–Crippen MR) is 64.3 cm³/mol. The van der Waals surface area contributed by atoms with Crippen LogP contribution in [-0.2, 0) is 6.54 Å². The van der Waals surface area contributed by atoms with Gasteiger partial charge in [-0.05, 0) is 18.1 Å². The highest BCUT2D eigenvalue weighted by molar-refractivity contribution is 6.34. The van der Waals surface area contributed by atoms with E-state index < -0.39 is 5.97 Å². The fourth-order valence-electron chi connectivity index (χ4n) is 1.63. The maximum absolute atomic E-state index is 10.9. The second-order valence-corrected chi connectivity index (χ2v) is 4.70. The average molecular weight is 254 g/mol. The molecular weight excluding hydrogens is 242 g/mol. The highest BCUT2D eigenvalue weighted by Crippen LogP contribution is 2.23. The molecule has 0 unspecified atom stereocenters. The molecule has 17 heavy (non-hydrogen) atoms. The Morgan fingerprint density at radius 1 is 1.53 bits per heavy atom. The second kappa shape index (κ2) is 4.33. The monoisotopic (exact) mass is 253 g/mol. The molecule has 2 aromatic rings. The fourth-order valence-corrected chi connectivity index (χ4v) is 1.87. The third kappa shape index (κ3) is 2.24. The number of aromatic nitrogens is 3. The summed E-state index contributed by atoms with van der Waals surface area (Å²) in [5, 5.41) is 17.1. The first-order valence-electron chi connectivity index (χ1n) is 5.25. The third-order valence-corrected chi connectivity index (χ3v) is 2.68. The number of benzene rings is 1. The number of halogens is 1. The first kappa shape index (κ1) is 11.9. The van der Waals surface area contributed by atoms with Crippen LogP contribution in [0.3, 0.4) is 0 Å². The molecule has 1 heterocycles. The van der Waals surface area contributed by atoms with Crippen LogP contribution in [0.5, 0.6) is 0 Å². The Balaban J connectivity index is 2.56. The van der Waals surface area contributed by atoms with Crippen LogP contribution in [0.1, 0.15) is 24.2 Å². The van der Waals surface area contributed by atoms with Crippen LogP contribution in [0.4, 0.5) is 0 Å². The number of hydrogen-bond donors (Lipinski definition) is 1. The van der Waals surface area contributed by atoms with Crippen LogP contribution in [0, 0.1) is 5.92 Å². The number of hydrogen-bond acceptors (Lipinski definition) is 3. The lowest BCUT2D eigenvalue weighted by atomic mass is 10.2. The van der Waals surface area contributed by atoms with Gasteiger partial charge < -0.3 is 5.11 Å². The van der Waals surface area contributed by atoms with Crippen LogP contribution in [0.2, 0.25) is 5.02 Å². The zero-order chi connectivity index (χ0) is 12.6. The maximum atomic E-state index is 10.9. The summed E-state index contributed by atoms with van der Waals surface area (Å²) >= 11 is 5.91. The molecule has 5 nitrogen and oxygen atoms in total. The van der Waals surface area contributed by atoms with Gasteiger partial charge in [0.2, 0.25) is 0 Å². The summed E-state index contributed by atoms with van der Waals surface area (Å²) in [6, 6.07) is 3.05. The van der Waals surface area contributed by atoms with E-state index in [0.29, 0.717) is 11.4 Å². The normalized spacial score (nSPS) is 11.3. The molecule has 90 valence electrons.